The summed E-state index contributed by atoms with van der Waals surface area (Å²) in [6, 6.07) is 5.62. The third-order valence-electron chi connectivity index (χ3n) is 7.41. The third kappa shape index (κ3) is 2.99. The second-order valence-electron chi connectivity index (χ2n) is 9.46. The van der Waals surface area contributed by atoms with Gasteiger partial charge in [0.2, 0.25) is 0 Å². The van der Waals surface area contributed by atoms with Crippen LogP contribution in [0, 0.1) is 0 Å². The maximum atomic E-state index is 13.4. The zero-order valence-electron chi connectivity index (χ0n) is 19.2. The minimum absolute atomic E-state index is 0.136. The number of rotatable bonds is 1. The van der Waals surface area contributed by atoms with Crippen molar-refractivity contribution in [3.8, 4) is 22.9 Å². The van der Waals surface area contributed by atoms with E-state index in [0.29, 0.717) is 53.8 Å². The fourth-order valence-corrected chi connectivity index (χ4v) is 5.53. The van der Waals surface area contributed by atoms with E-state index >= 15 is 0 Å². The Bertz CT molecular complexity index is 1470. The molecule has 7 rings (SSSR count). The van der Waals surface area contributed by atoms with Crippen LogP contribution >= 0.6 is 0 Å². The van der Waals surface area contributed by atoms with E-state index in [1.54, 1.807) is 10.6 Å². The van der Waals surface area contributed by atoms with Crippen LogP contribution < -0.4 is 19.9 Å². The molecule has 35 heavy (non-hydrogen) atoms. The molecule has 1 N–H and O–H groups in total. The number of benzene rings is 1. The molecule has 0 radical (unpaired) electrons. The highest BCUT2D eigenvalue weighted by Crippen LogP contribution is 2.45. The number of aliphatic hydroxyl groups excluding tert-OH is 1. The molecule has 180 valence electrons. The first-order chi connectivity index (χ1) is 17.0. The van der Waals surface area contributed by atoms with Gasteiger partial charge >= 0.3 is 5.97 Å². The predicted octanol–water partition coefficient (Wildman–Crippen LogP) is 1.04. The Morgan fingerprint density at radius 1 is 0.971 bits per heavy atom. The molecule has 0 spiro atoms. The zero-order valence-corrected chi connectivity index (χ0v) is 19.2. The van der Waals surface area contributed by atoms with Crippen LogP contribution in [0.15, 0.2) is 23.0 Å². The number of anilines is 1. The van der Waals surface area contributed by atoms with Crippen LogP contribution in [0.3, 0.4) is 0 Å². The minimum Gasteiger partial charge on any atom is -0.486 e. The van der Waals surface area contributed by atoms with E-state index in [1.165, 1.54) is 0 Å². The highest BCUT2D eigenvalue weighted by atomic mass is 16.6. The molecule has 6 heterocycles. The lowest BCUT2D eigenvalue weighted by atomic mass is 9.99. The van der Waals surface area contributed by atoms with E-state index < -0.39 is 12.1 Å². The predicted molar refractivity (Wildman–Crippen MR) is 126 cm³/mol. The van der Waals surface area contributed by atoms with Gasteiger partial charge < -0.3 is 33.7 Å². The Balaban J connectivity index is 1.48. The lowest BCUT2D eigenvalue weighted by Crippen LogP contribution is -2.45. The lowest BCUT2D eigenvalue weighted by molar-refractivity contribution is -0.157. The van der Waals surface area contributed by atoms with Crippen molar-refractivity contribution in [2.24, 2.45) is 0 Å². The van der Waals surface area contributed by atoms with Crippen LogP contribution in [0.1, 0.15) is 22.8 Å². The minimum atomic E-state index is -1.48. The summed E-state index contributed by atoms with van der Waals surface area (Å²) in [5.41, 5.74) is 4.40. The summed E-state index contributed by atoms with van der Waals surface area (Å²) >= 11 is 0. The maximum Gasteiger partial charge on any atom is 0.340 e. The summed E-state index contributed by atoms with van der Waals surface area (Å²) in [6.07, 6.45) is -1.48. The lowest BCUT2D eigenvalue weighted by Gasteiger charge is -2.36. The summed E-state index contributed by atoms with van der Waals surface area (Å²) in [7, 11) is 2.11. The zero-order chi connectivity index (χ0) is 23.8. The Kier molecular flexibility index (Phi) is 4.40. The van der Waals surface area contributed by atoms with Gasteiger partial charge in [0.25, 0.3) is 5.56 Å². The van der Waals surface area contributed by atoms with E-state index in [9.17, 15) is 14.7 Å². The van der Waals surface area contributed by atoms with Crippen LogP contribution in [-0.4, -0.2) is 72.0 Å². The quantitative estimate of drug-likeness (QED) is 0.403. The molecule has 2 aromatic heterocycles. The van der Waals surface area contributed by atoms with Gasteiger partial charge in [-0.05, 0) is 19.2 Å². The number of esters is 1. The van der Waals surface area contributed by atoms with Crippen molar-refractivity contribution in [3.63, 3.8) is 0 Å². The molecule has 1 fully saturated rings. The van der Waals surface area contributed by atoms with Crippen molar-refractivity contribution >= 4 is 22.6 Å². The van der Waals surface area contributed by atoms with Crippen LogP contribution in [-0.2, 0) is 22.7 Å². The molecular formula is C25H24N4O6. The molecule has 1 atom stereocenters. The number of cyclic esters (lactones) is 1. The first-order valence-corrected chi connectivity index (χ1v) is 11.8. The molecule has 0 saturated carbocycles. The summed E-state index contributed by atoms with van der Waals surface area (Å²) in [5, 5.41) is 11.4. The van der Waals surface area contributed by atoms with Crippen molar-refractivity contribution in [1.82, 2.24) is 14.5 Å². The SMILES string of the molecule is CN1CCN(c2c3c(nc4cc5c(cc24)OCCO5)-c2cc4c(c(=O)n2C3)COC(=O)[C@H]4O)CC1. The van der Waals surface area contributed by atoms with Crippen molar-refractivity contribution < 1.29 is 24.1 Å². The molecule has 1 saturated heterocycles. The number of pyridine rings is 2. The monoisotopic (exact) mass is 476 g/mol. The Labute approximate surface area is 200 Å². The fourth-order valence-electron chi connectivity index (χ4n) is 5.53. The standard InChI is InChI=1S/C25H24N4O6/c1-27-2-4-28(5-3-27)22-14-9-19-20(34-7-6-33-19)10-17(14)26-21-15(22)11-29-18(21)8-13-16(24(29)31)12-35-25(32)23(13)30/h8-10,23,30H,2-7,11-12H2,1H3/t23-/m0/s1. The molecular weight excluding hydrogens is 452 g/mol. The normalized spacial score (nSPS) is 20.9. The molecule has 0 unspecified atom stereocenters. The highest BCUT2D eigenvalue weighted by Gasteiger charge is 2.36. The second-order valence-corrected chi connectivity index (χ2v) is 9.46. The first-order valence-electron chi connectivity index (χ1n) is 11.8. The average Bonchev–Trinajstić information content (AvgIpc) is 3.23. The number of ether oxygens (including phenoxy) is 3. The highest BCUT2D eigenvalue weighted by molar-refractivity contribution is 5.99. The smallest absolute Gasteiger partial charge is 0.340 e. The van der Waals surface area contributed by atoms with Crippen molar-refractivity contribution in [3.05, 3.63) is 45.2 Å². The van der Waals surface area contributed by atoms with Gasteiger partial charge in [-0.25, -0.2) is 9.78 Å². The summed E-state index contributed by atoms with van der Waals surface area (Å²) in [5.74, 6) is 0.607. The van der Waals surface area contributed by atoms with Crippen molar-refractivity contribution in [2.75, 3.05) is 51.3 Å². The summed E-state index contributed by atoms with van der Waals surface area (Å²) < 4.78 is 18.4. The van der Waals surface area contributed by atoms with E-state index in [2.05, 4.69) is 16.8 Å². The van der Waals surface area contributed by atoms with Gasteiger partial charge in [0, 0.05) is 48.8 Å². The van der Waals surface area contributed by atoms with E-state index in [1.807, 2.05) is 12.1 Å². The maximum absolute atomic E-state index is 13.4. The van der Waals surface area contributed by atoms with Crippen LogP contribution in [0.5, 0.6) is 11.5 Å². The number of nitrogens with zero attached hydrogens (tertiary/aromatic N) is 4. The van der Waals surface area contributed by atoms with Gasteiger partial charge in [-0.1, -0.05) is 0 Å². The number of carbonyl (C=O) groups excluding carboxylic acids is 1. The largest absolute Gasteiger partial charge is 0.486 e. The van der Waals surface area contributed by atoms with Gasteiger partial charge in [-0.2, -0.15) is 0 Å². The molecule has 4 aliphatic rings. The van der Waals surface area contributed by atoms with Crippen molar-refractivity contribution in [1.29, 1.82) is 0 Å². The van der Waals surface area contributed by atoms with Crippen LogP contribution in [0.2, 0.25) is 0 Å². The Morgan fingerprint density at radius 3 is 2.49 bits per heavy atom. The number of piperazine rings is 1. The topological polar surface area (TPSA) is 106 Å². The number of aliphatic hydroxyl groups is 1. The Morgan fingerprint density at radius 2 is 1.71 bits per heavy atom. The molecule has 10 heteroatoms. The van der Waals surface area contributed by atoms with E-state index in [0.717, 1.165) is 48.3 Å². The molecule has 3 aromatic rings. The van der Waals surface area contributed by atoms with Crippen LogP contribution in [0.25, 0.3) is 22.3 Å². The summed E-state index contributed by atoms with van der Waals surface area (Å²) in [4.78, 5) is 35.0. The first kappa shape index (κ1) is 20.7. The Hall–Kier alpha value is -3.63. The molecule has 0 amide bonds. The average molecular weight is 476 g/mol. The third-order valence-corrected chi connectivity index (χ3v) is 7.41. The number of carbonyl (C=O) groups is 1. The molecule has 1 aromatic carbocycles. The summed E-state index contributed by atoms with van der Waals surface area (Å²) in [6.45, 7) is 4.75. The number of hydrogen-bond acceptors (Lipinski definition) is 9. The van der Waals surface area contributed by atoms with Crippen molar-refractivity contribution in [2.45, 2.75) is 19.3 Å². The number of aromatic nitrogens is 2. The number of likely N-dealkylation sites (N-methyl/N-ethyl adjacent to an activating group) is 1. The van der Waals surface area contributed by atoms with Crippen LogP contribution in [0.4, 0.5) is 5.69 Å². The fraction of sp³-hybridized carbons (Fsp3) is 0.400. The molecule has 0 bridgehead atoms. The number of hydrogen-bond donors (Lipinski definition) is 1. The number of fused-ring (bicyclic) bond motifs is 6. The van der Waals surface area contributed by atoms with Gasteiger partial charge in [0.1, 0.15) is 19.8 Å². The molecule has 4 aliphatic heterocycles. The van der Waals surface area contributed by atoms with Gasteiger partial charge in [-0.3, -0.25) is 4.79 Å². The molecule has 0 aliphatic carbocycles. The molecule has 10 nitrogen and oxygen atoms in total. The van der Waals surface area contributed by atoms with Gasteiger partial charge in [-0.15, -0.1) is 0 Å². The van der Waals surface area contributed by atoms with Gasteiger partial charge in [0.05, 0.1) is 34.7 Å². The van der Waals surface area contributed by atoms with Gasteiger partial charge in [0.15, 0.2) is 17.6 Å². The van der Waals surface area contributed by atoms with E-state index in [-0.39, 0.29) is 12.2 Å². The second kappa shape index (κ2) is 7.43. The van der Waals surface area contributed by atoms with E-state index in [4.69, 9.17) is 19.2 Å².